The lowest BCUT2D eigenvalue weighted by Gasteiger charge is -2.38. The second kappa shape index (κ2) is 12.6. The summed E-state index contributed by atoms with van der Waals surface area (Å²) in [6.07, 6.45) is 7.64. The fraction of sp³-hybridized carbons (Fsp3) is 0.560. The van der Waals surface area contributed by atoms with Gasteiger partial charge in [0.15, 0.2) is 5.96 Å². The first kappa shape index (κ1) is 25.1. The molecule has 0 radical (unpaired) electrons. The number of furan rings is 1. The lowest BCUT2D eigenvalue weighted by atomic mass is 9.74. The first-order valence-electron chi connectivity index (χ1n) is 11.7. The molecule has 0 saturated carbocycles. The number of aliphatic imine (C=N–C) groups is 1. The van der Waals surface area contributed by atoms with Crippen LogP contribution in [0.15, 0.2) is 58.1 Å². The van der Waals surface area contributed by atoms with Gasteiger partial charge in [-0.25, -0.2) is 0 Å². The van der Waals surface area contributed by atoms with Crippen LogP contribution in [0.2, 0.25) is 0 Å². The van der Waals surface area contributed by atoms with E-state index >= 15 is 0 Å². The lowest BCUT2D eigenvalue weighted by Crippen LogP contribution is -2.49. The Morgan fingerprint density at radius 3 is 2.44 bits per heavy atom. The molecule has 0 spiro atoms. The van der Waals surface area contributed by atoms with E-state index in [9.17, 15) is 0 Å². The van der Waals surface area contributed by atoms with E-state index in [0.717, 1.165) is 64.0 Å². The maximum Gasteiger partial charge on any atom is 0.191 e. The summed E-state index contributed by atoms with van der Waals surface area (Å²) in [4.78, 5) is 7.04. The van der Waals surface area contributed by atoms with Gasteiger partial charge in [-0.2, -0.15) is 0 Å². The summed E-state index contributed by atoms with van der Waals surface area (Å²) >= 11 is 0. The number of piperidine rings is 1. The Labute approximate surface area is 209 Å². The van der Waals surface area contributed by atoms with Crippen molar-refractivity contribution in [2.75, 3.05) is 46.4 Å². The average molecular weight is 553 g/mol. The molecular formula is C25H37IN4O2. The number of ether oxygens (including phenoxy) is 1. The molecule has 1 unspecified atom stereocenters. The molecule has 0 amide bonds. The molecule has 1 atom stereocenters. The van der Waals surface area contributed by atoms with E-state index < -0.39 is 0 Å². The molecule has 2 aliphatic heterocycles. The summed E-state index contributed by atoms with van der Waals surface area (Å²) in [6, 6.07) is 15.1. The predicted octanol–water partition coefficient (Wildman–Crippen LogP) is 4.34. The van der Waals surface area contributed by atoms with E-state index in [1.807, 2.05) is 13.1 Å². The van der Waals surface area contributed by atoms with Crippen molar-refractivity contribution in [3.63, 3.8) is 0 Å². The maximum absolute atomic E-state index is 5.79. The summed E-state index contributed by atoms with van der Waals surface area (Å²) < 4.78 is 11.5. The standard InChI is InChI=1S/C25H36N4O2.HI/c1-26-24(27-19-22(23-11-8-16-31-23)29-14-6-3-7-15-29)28-20-25(12-17-30-18-13-25)21-9-4-2-5-10-21;/h2,4-5,8-11,16,22H,3,6-7,12-15,17-20H2,1H3,(H2,26,27,28);1H. The zero-order valence-electron chi connectivity index (χ0n) is 19.1. The Balaban J connectivity index is 0.00000289. The molecule has 2 N–H and O–H groups in total. The minimum absolute atomic E-state index is 0. The van der Waals surface area contributed by atoms with E-state index in [0.29, 0.717) is 0 Å². The van der Waals surface area contributed by atoms with Gasteiger partial charge < -0.3 is 19.8 Å². The third-order valence-corrected chi connectivity index (χ3v) is 6.82. The Morgan fingerprint density at radius 2 is 1.78 bits per heavy atom. The zero-order valence-corrected chi connectivity index (χ0v) is 21.4. The van der Waals surface area contributed by atoms with Crippen LogP contribution in [0.1, 0.15) is 49.5 Å². The van der Waals surface area contributed by atoms with Gasteiger partial charge >= 0.3 is 0 Å². The molecule has 32 heavy (non-hydrogen) atoms. The summed E-state index contributed by atoms with van der Waals surface area (Å²) in [5, 5.41) is 7.19. The van der Waals surface area contributed by atoms with E-state index in [2.05, 4.69) is 56.9 Å². The highest BCUT2D eigenvalue weighted by atomic mass is 127. The third kappa shape index (κ3) is 6.26. The molecule has 3 heterocycles. The number of nitrogens with one attached hydrogen (secondary N) is 2. The van der Waals surface area contributed by atoms with Crippen LogP contribution in [0.25, 0.3) is 0 Å². The van der Waals surface area contributed by atoms with Gasteiger partial charge in [0.25, 0.3) is 0 Å². The van der Waals surface area contributed by atoms with Gasteiger partial charge in [0.2, 0.25) is 0 Å². The third-order valence-electron chi connectivity index (χ3n) is 6.82. The minimum atomic E-state index is 0. The van der Waals surface area contributed by atoms with Crippen molar-refractivity contribution in [1.82, 2.24) is 15.5 Å². The van der Waals surface area contributed by atoms with Gasteiger partial charge in [-0.05, 0) is 56.5 Å². The van der Waals surface area contributed by atoms with E-state index in [1.54, 1.807) is 6.26 Å². The smallest absolute Gasteiger partial charge is 0.191 e. The number of benzene rings is 1. The second-order valence-electron chi connectivity index (χ2n) is 8.69. The molecule has 7 heteroatoms. The van der Waals surface area contributed by atoms with E-state index in [1.165, 1.54) is 24.8 Å². The van der Waals surface area contributed by atoms with Crippen molar-refractivity contribution >= 4 is 29.9 Å². The topological polar surface area (TPSA) is 62.0 Å². The summed E-state index contributed by atoms with van der Waals surface area (Å²) in [6.45, 7) is 5.46. The molecule has 2 fully saturated rings. The number of nitrogens with zero attached hydrogens (tertiary/aromatic N) is 2. The van der Waals surface area contributed by atoms with Crippen LogP contribution in [-0.2, 0) is 10.2 Å². The first-order valence-corrected chi connectivity index (χ1v) is 11.7. The molecule has 176 valence electrons. The number of halogens is 1. The van der Waals surface area contributed by atoms with Gasteiger partial charge in [0.1, 0.15) is 5.76 Å². The number of rotatable bonds is 7. The van der Waals surface area contributed by atoms with Gasteiger partial charge in [-0.1, -0.05) is 36.8 Å². The highest BCUT2D eigenvalue weighted by Crippen LogP contribution is 2.34. The number of hydrogen-bond donors (Lipinski definition) is 2. The molecule has 0 aliphatic carbocycles. The molecule has 2 aliphatic rings. The molecular weight excluding hydrogens is 515 g/mol. The van der Waals surface area contributed by atoms with Gasteiger partial charge in [-0.15, -0.1) is 24.0 Å². The zero-order chi connectivity index (χ0) is 21.4. The van der Waals surface area contributed by atoms with E-state index in [4.69, 9.17) is 9.15 Å². The SMILES string of the molecule is CN=C(NCC(c1ccco1)N1CCCCC1)NCC1(c2ccccc2)CCOCC1.I. The normalized spacial score (nSPS) is 20.2. The summed E-state index contributed by atoms with van der Waals surface area (Å²) in [5.74, 6) is 1.87. The Hall–Kier alpha value is -1.58. The molecule has 6 nitrogen and oxygen atoms in total. The quantitative estimate of drug-likeness (QED) is 0.304. The summed E-state index contributed by atoms with van der Waals surface area (Å²) in [7, 11) is 1.84. The maximum atomic E-state index is 5.79. The van der Waals surface area contributed by atoms with Crippen LogP contribution in [0.3, 0.4) is 0 Å². The Bertz CT molecular complexity index is 801. The van der Waals surface area contributed by atoms with Crippen LogP contribution in [0.5, 0.6) is 0 Å². The van der Waals surface area contributed by atoms with Gasteiger partial charge in [0, 0.05) is 38.8 Å². The predicted molar refractivity (Wildman–Crippen MR) is 140 cm³/mol. The average Bonchev–Trinajstić information content (AvgIpc) is 3.38. The Morgan fingerprint density at radius 1 is 1.03 bits per heavy atom. The highest BCUT2D eigenvalue weighted by Gasteiger charge is 2.34. The van der Waals surface area contributed by atoms with Crippen molar-refractivity contribution in [3.8, 4) is 0 Å². The number of hydrogen-bond acceptors (Lipinski definition) is 4. The van der Waals surface area contributed by atoms with Crippen LogP contribution in [0.4, 0.5) is 0 Å². The van der Waals surface area contributed by atoms with Crippen molar-refractivity contribution in [2.24, 2.45) is 4.99 Å². The van der Waals surface area contributed by atoms with Crippen LogP contribution >= 0.6 is 24.0 Å². The van der Waals surface area contributed by atoms with Gasteiger partial charge in [0.05, 0.1) is 12.3 Å². The van der Waals surface area contributed by atoms with Crippen molar-refractivity contribution < 1.29 is 9.15 Å². The Kier molecular flexibility index (Phi) is 9.87. The number of guanidine groups is 1. The van der Waals surface area contributed by atoms with Gasteiger partial charge in [-0.3, -0.25) is 9.89 Å². The second-order valence-corrected chi connectivity index (χ2v) is 8.69. The van der Waals surface area contributed by atoms with Crippen LogP contribution in [0, 0.1) is 0 Å². The molecule has 4 rings (SSSR count). The lowest BCUT2D eigenvalue weighted by molar-refractivity contribution is 0.0513. The molecule has 1 aromatic carbocycles. The highest BCUT2D eigenvalue weighted by molar-refractivity contribution is 14.0. The molecule has 2 saturated heterocycles. The van der Waals surface area contributed by atoms with Crippen LogP contribution < -0.4 is 10.6 Å². The van der Waals surface area contributed by atoms with Crippen molar-refractivity contribution in [1.29, 1.82) is 0 Å². The minimum Gasteiger partial charge on any atom is -0.468 e. The molecule has 2 aromatic rings. The largest absolute Gasteiger partial charge is 0.468 e. The first-order chi connectivity index (χ1) is 15.3. The number of likely N-dealkylation sites (tertiary alicyclic amines) is 1. The van der Waals surface area contributed by atoms with Crippen molar-refractivity contribution in [3.05, 3.63) is 60.1 Å². The monoisotopic (exact) mass is 552 g/mol. The summed E-state index contributed by atoms with van der Waals surface area (Å²) in [5.41, 5.74) is 1.45. The van der Waals surface area contributed by atoms with E-state index in [-0.39, 0.29) is 35.4 Å². The van der Waals surface area contributed by atoms with Crippen LogP contribution in [-0.4, -0.2) is 57.3 Å². The molecule has 0 bridgehead atoms. The van der Waals surface area contributed by atoms with Crippen molar-refractivity contribution in [2.45, 2.75) is 43.6 Å². The molecule has 1 aromatic heterocycles. The fourth-order valence-electron chi connectivity index (χ4n) is 4.91. The fourth-order valence-corrected chi connectivity index (χ4v) is 4.91.